The average molecular weight is 449 g/mol. The van der Waals surface area contributed by atoms with E-state index in [4.69, 9.17) is 4.74 Å². The second-order valence-corrected chi connectivity index (χ2v) is 9.42. The molecule has 30 heavy (non-hydrogen) atoms. The van der Waals surface area contributed by atoms with Gasteiger partial charge in [0.2, 0.25) is 5.91 Å². The standard InChI is InChI=1S/C20H24N4O4S2/c1-6-13-7-14-17(29-13)22-12(5)24(18(14)26)8-15(25)23-20-21-11(4)16(30-20)19(27)28-9-10(2)3/h7,10H,6,8-9H2,1-5H3,(H,21,23,25). The summed E-state index contributed by atoms with van der Waals surface area (Å²) in [5.41, 5.74) is 0.253. The Kier molecular flexibility index (Phi) is 6.67. The van der Waals surface area contributed by atoms with Crippen molar-refractivity contribution in [3.63, 3.8) is 0 Å². The van der Waals surface area contributed by atoms with Gasteiger partial charge in [-0.1, -0.05) is 32.1 Å². The Morgan fingerprint density at radius 1 is 1.23 bits per heavy atom. The van der Waals surface area contributed by atoms with Crippen LogP contribution in [-0.2, 0) is 22.5 Å². The smallest absolute Gasteiger partial charge is 0.350 e. The number of nitrogens with one attached hydrogen (secondary N) is 1. The van der Waals surface area contributed by atoms with Gasteiger partial charge in [0.05, 0.1) is 17.7 Å². The molecule has 0 bridgehead atoms. The van der Waals surface area contributed by atoms with Gasteiger partial charge in [0.15, 0.2) is 5.13 Å². The van der Waals surface area contributed by atoms with E-state index < -0.39 is 11.9 Å². The minimum atomic E-state index is -0.454. The number of carbonyl (C=O) groups is 2. The van der Waals surface area contributed by atoms with Crippen molar-refractivity contribution >= 4 is 49.9 Å². The van der Waals surface area contributed by atoms with Gasteiger partial charge in [0.1, 0.15) is 22.1 Å². The van der Waals surface area contributed by atoms with E-state index in [0.717, 1.165) is 22.6 Å². The van der Waals surface area contributed by atoms with Crippen LogP contribution in [0.1, 0.15) is 46.8 Å². The van der Waals surface area contributed by atoms with E-state index in [1.165, 1.54) is 15.9 Å². The van der Waals surface area contributed by atoms with Crippen molar-refractivity contribution in [2.75, 3.05) is 11.9 Å². The Bertz CT molecular complexity index is 1160. The average Bonchev–Trinajstić information content (AvgIpc) is 3.26. The molecule has 160 valence electrons. The van der Waals surface area contributed by atoms with Crippen molar-refractivity contribution < 1.29 is 14.3 Å². The highest BCUT2D eigenvalue weighted by atomic mass is 32.1. The van der Waals surface area contributed by atoms with Crippen molar-refractivity contribution in [1.29, 1.82) is 0 Å². The zero-order valence-electron chi connectivity index (χ0n) is 17.6. The molecule has 0 unspecified atom stereocenters. The number of carbonyl (C=O) groups excluding carboxylic acids is 2. The summed E-state index contributed by atoms with van der Waals surface area (Å²) in [5, 5.41) is 3.48. The Morgan fingerprint density at radius 2 is 1.97 bits per heavy atom. The molecule has 1 amide bonds. The molecule has 1 N–H and O–H groups in total. The van der Waals surface area contributed by atoms with Crippen molar-refractivity contribution in [3.05, 3.63) is 37.7 Å². The van der Waals surface area contributed by atoms with E-state index in [2.05, 4.69) is 15.3 Å². The van der Waals surface area contributed by atoms with Gasteiger partial charge in [-0.2, -0.15) is 0 Å². The third-order valence-electron chi connectivity index (χ3n) is 4.32. The first-order valence-electron chi connectivity index (χ1n) is 9.63. The highest BCUT2D eigenvalue weighted by molar-refractivity contribution is 7.18. The Morgan fingerprint density at radius 3 is 2.63 bits per heavy atom. The number of amides is 1. The number of fused-ring (bicyclic) bond motifs is 1. The molecule has 3 aromatic heterocycles. The van der Waals surface area contributed by atoms with Gasteiger partial charge >= 0.3 is 5.97 Å². The molecule has 10 heteroatoms. The number of aromatic nitrogens is 3. The minimum Gasteiger partial charge on any atom is -0.461 e. The van der Waals surface area contributed by atoms with Crippen LogP contribution in [0.4, 0.5) is 5.13 Å². The van der Waals surface area contributed by atoms with Crippen LogP contribution >= 0.6 is 22.7 Å². The van der Waals surface area contributed by atoms with Crippen LogP contribution in [0.15, 0.2) is 10.9 Å². The highest BCUT2D eigenvalue weighted by Crippen LogP contribution is 2.24. The highest BCUT2D eigenvalue weighted by Gasteiger charge is 2.19. The summed E-state index contributed by atoms with van der Waals surface area (Å²) in [6.07, 6.45) is 0.825. The summed E-state index contributed by atoms with van der Waals surface area (Å²) < 4.78 is 6.58. The summed E-state index contributed by atoms with van der Waals surface area (Å²) in [4.78, 5) is 48.4. The molecule has 0 aromatic carbocycles. The molecule has 0 radical (unpaired) electrons. The van der Waals surface area contributed by atoms with Gasteiger partial charge in [-0.3, -0.25) is 14.2 Å². The first-order chi connectivity index (χ1) is 14.2. The predicted molar refractivity (Wildman–Crippen MR) is 119 cm³/mol. The summed E-state index contributed by atoms with van der Waals surface area (Å²) >= 11 is 2.55. The van der Waals surface area contributed by atoms with Crippen LogP contribution in [-0.4, -0.2) is 33.0 Å². The van der Waals surface area contributed by atoms with Crippen LogP contribution in [0.2, 0.25) is 0 Å². The van der Waals surface area contributed by atoms with Crippen LogP contribution in [0, 0.1) is 19.8 Å². The van der Waals surface area contributed by atoms with E-state index in [-0.39, 0.29) is 23.2 Å². The van der Waals surface area contributed by atoms with E-state index in [1.54, 1.807) is 13.8 Å². The fourth-order valence-corrected chi connectivity index (χ4v) is 4.66. The SMILES string of the molecule is CCc1cc2c(=O)n(CC(=O)Nc3nc(C)c(C(=O)OCC(C)C)s3)c(C)nc2s1. The molecule has 8 nitrogen and oxygen atoms in total. The Hall–Kier alpha value is -2.59. The molecule has 0 aliphatic rings. The molecular weight excluding hydrogens is 424 g/mol. The van der Waals surface area contributed by atoms with Crippen LogP contribution in [0.3, 0.4) is 0 Å². The number of aryl methyl sites for hydroxylation is 3. The molecule has 0 fully saturated rings. The number of rotatable bonds is 7. The number of ether oxygens (including phenoxy) is 1. The second kappa shape index (κ2) is 9.05. The number of thiazole rings is 1. The maximum Gasteiger partial charge on any atom is 0.350 e. The molecule has 3 heterocycles. The molecule has 0 atom stereocenters. The zero-order valence-corrected chi connectivity index (χ0v) is 19.2. The summed E-state index contributed by atoms with van der Waals surface area (Å²) in [6.45, 7) is 9.45. The lowest BCUT2D eigenvalue weighted by atomic mass is 10.2. The fourth-order valence-electron chi connectivity index (χ4n) is 2.78. The number of hydrogen-bond acceptors (Lipinski definition) is 8. The molecule has 3 rings (SSSR count). The first-order valence-corrected chi connectivity index (χ1v) is 11.3. The zero-order chi connectivity index (χ0) is 22.0. The van der Waals surface area contributed by atoms with Gasteiger partial charge in [-0.25, -0.2) is 14.8 Å². The Balaban J connectivity index is 1.76. The van der Waals surface area contributed by atoms with Crippen molar-refractivity contribution in [2.45, 2.75) is 47.6 Å². The Labute approximate surface area is 181 Å². The van der Waals surface area contributed by atoms with E-state index in [9.17, 15) is 14.4 Å². The summed E-state index contributed by atoms with van der Waals surface area (Å²) in [6, 6.07) is 1.84. The van der Waals surface area contributed by atoms with Crippen LogP contribution < -0.4 is 10.9 Å². The minimum absolute atomic E-state index is 0.184. The maximum atomic E-state index is 12.8. The van der Waals surface area contributed by atoms with Crippen molar-refractivity contribution in [1.82, 2.24) is 14.5 Å². The maximum absolute atomic E-state index is 12.8. The molecule has 0 spiro atoms. The largest absolute Gasteiger partial charge is 0.461 e. The van der Waals surface area contributed by atoms with Crippen molar-refractivity contribution in [2.24, 2.45) is 5.92 Å². The lowest BCUT2D eigenvalue weighted by molar-refractivity contribution is -0.116. The van der Waals surface area contributed by atoms with Gasteiger partial charge in [0, 0.05) is 4.88 Å². The van der Waals surface area contributed by atoms with Crippen LogP contribution in [0.5, 0.6) is 0 Å². The van der Waals surface area contributed by atoms with E-state index in [0.29, 0.717) is 33.2 Å². The third-order valence-corrected chi connectivity index (χ3v) is 6.55. The van der Waals surface area contributed by atoms with Gasteiger partial charge in [-0.15, -0.1) is 11.3 Å². The summed E-state index contributed by atoms with van der Waals surface area (Å²) in [7, 11) is 0. The normalized spacial score (nSPS) is 11.3. The number of hydrogen-bond donors (Lipinski definition) is 1. The van der Waals surface area contributed by atoms with Crippen molar-refractivity contribution in [3.8, 4) is 0 Å². The monoisotopic (exact) mass is 448 g/mol. The van der Waals surface area contributed by atoms with Gasteiger partial charge in [0.25, 0.3) is 5.56 Å². The molecule has 0 saturated heterocycles. The molecular formula is C20H24N4O4S2. The first kappa shape index (κ1) is 22.1. The summed E-state index contributed by atoms with van der Waals surface area (Å²) in [5.74, 6) is -0.167. The number of anilines is 1. The third kappa shape index (κ3) is 4.76. The lowest BCUT2D eigenvalue weighted by Gasteiger charge is -2.08. The van der Waals surface area contributed by atoms with Gasteiger partial charge < -0.3 is 10.1 Å². The molecule has 3 aromatic rings. The molecule has 0 aliphatic carbocycles. The lowest BCUT2D eigenvalue weighted by Crippen LogP contribution is -2.29. The van der Waals surface area contributed by atoms with Crippen LogP contribution in [0.25, 0.3) is 10.2 Å². The van der Waals surface area contributed by atoms with E-state index >= 15 is 0 Å². The number of nitrogens with zero attached hydrogens (tertiary/aromatic N) is 3. The number of thiophene rings is 1. The topological polar surface area (TPSA) is 103 Å². The number of esters is 1. The fraction of sp³-hybridized carbons (Fsp3) is 0.450. The second-order valence-electron chi connectivity index (χ2n) is 7.31. The molecule has 0 saturated carbocycles. The quantitative estimate of drug-likeness (QED) is 0.555. The van der Waals surface area contributed by atoms with E-state index in [1.807, 2.05) is 26.8 Å². The predicted octanol–water partition coefficient (Wildman–Crippen LogP) is 3.55. The van der Waals surface area contributed by atoms with Gasteiger partial charge in [-0.05, 0) is 32.3 Å². The molecule has 0 aliphatic heterocycles.